The number of ketones is 1. The molecule has 0 aliphatic rings. The summed E-state index contributed by atoms with van der Waals surface area (Å²) in [6.45, 7) is 21.8. The number of nitrogens with two attached hydrogens (primary N) is 1. The highest BCUT2D eigenvalue weighted by Crippen LogP contribution is 2.38. The molecule has 0 saturated carbocycles. The number of allylic oxidation sites excluding steroid dienone is 2. The first-order chi connectivity index (χ1) is 48.6. The van der Waals surface area contributed by atoms with Crippen molar-refractivity contribution in [2.75, 3.05) is 23.0 Å². The van der Waals surface area contributed by atoms with Gasteiger partial charge in [0.2, 0.25) is 0 Å². The van der Waals surface area contributed by atoms with Crippen LogP contribution in [0.25, 0.3) is 22.2 Å². The number of H-pyrrole nitrogens is 1. The molecule has 17 nitrogen and oxygen atoms in total. The maximum atomic E-state index is 13.0. The molecule has 10 rings (SSSR count). The van der Waals surface area contributed by atoms with Crippen LogP contribution in [0, 0.1) is 40.6 Å². The van der Waals surface area contributed by atoms with Gasteiger partial charge in [-0.3, -0.25) is 34.5 Å². The number of aromatic nitrogens is 3. The summed E-state index contributed by atoms with van der Waals surface area (Å²) in [4.78, 5) is 67.9. The monoisotopic (exact) mass is 1420 g/mol. The summed E-state index contributed by atoms with van der Waals surface area (Å²) in [5, 5.41) is 30.6. The van der Waals surface area contributed by atoms with Crippen LogP contribution in [0.1, 0.15) is 152 Å². The number of halogens is 3. The third-order valence-corrected chi connectivity index (χ3v) is 16.4. The molecule has 0 saturated heterocycles. The number of para-hydroxylation sites is 2. The zero-order valence-corrected chi connectivity index (χ0v) is 60.9. The van der Waals surface area contributed by atoms with Crippen LogP contribution in [0.4, 0.5) is 27.1 Å². The van der Waals surface area contributed by atoms with Crippen molar-refractivity contribution in [2.45, 2.75) is 121 Å². The highest BCUT2D eigenvalue weighted by atomic mass is 35.5. The third-order valence-electron chi connectivity index (χ3n) is 15.7. The number of ether oxygens (including phenoxy) is 1. The first kappa shape index (κ1) is 80.2. The number of nitro benzene ring substituents is 1. The molecular weight excluding hydrogens is 1330 g/mol. The van der Waals surface area contributed by atoms with Crippen LogP contribution >= 0.6 is 23.2 Å². The number of hydrogen-bond acceptors (Lipinski definition) is 12. The number of nitrogens with zero attached hydrogens (tertiary/aromatic N) is 4. The standard InChI is InChI=1S/C25H35NO2.C17H16ClNO.C17H13FN4O.C16H22N2.C7H4ClNO4/c1-19-11-13-21(14-12-19)26-23(27)17-28-22-10-8-7-9-20(22)15-16-25(5,6)18-24(2,3)4;1-12-8-9-15(11-16(12)18)19-13(2)10-17(20)14-6-4-3-5-7-14;18-15-3-1-12(2-4-15)16-14(7-10-20-16)11-21-22-17(23)13-5-8-19-9-6-13;1-3-5-10-14-12(8-4-2)16(17)13-9-6-7-11-15(13)18-14;8-6-2-1-4(9(12)13)3-5(6)7(10)11/h7-14H,15-18H2,1-6H3,(H,26,27);3-11,19H,1-2H3;1-11,20H,(H,22,23);6-7,9,11H,3-5,8,10H2,1-2H3,(H2,17,18);1-3H,(H,10,11)/b;;21-11+;;. The van der Waals surface area contributed by atoms with Crippen LogP contribution in [0.3, 0.4) is 0 Å². The van der Waals surface area contributed by atoms with Crippen molar-refractivity contribution in [2.24, 2.45) is 15.9 Å². The van der Waals surface area contributed by atoms with E-state index in [0.29, 0.717) is 21.6 Å². The number of carbonyl (C=O) groups excluding carboxylic acids is 3. The fourth-order valence-corrected chi connectivity index (χ4v) is 11.3. The molecule has 2 amide bonds. The molecule has 0 unspecified atom stereocenters. The number of non-ortho nitro benzene ring substituents is 1. The Labute approximate surface area is 607 Å². The number of pyridine rings is 2. The molecule has 7 aromatic carbocycles. The average Bonchev–Trinajstić information content (AvgIpc) is 0.887. The molecule has 3 heterocycles. The molecule has 3 aromatic heterocycles. The number of hydrogen-bond donors (Lipinski definition) is 6. The molecule has 20 heteroatoms. The SMILES string of the molecule is CC(=CC(=O)c1ccccc1)Nc1ccc(C)c(Cl)c1.CCCCc1nc2ccccc2c(N)c1CCC.Cc1ccc(NC(=O)COc2ccccc2CCC(C)(C)CC(C)(C)C)cc1.O=C(N/N=C/c1cc[nH]c1-c1ccc(F)cc1)c1ccncc1.O=C(O)c1cc([N+](=O)[O-])ccc1Cl. The van der Waals surface area contributed by atoms with Gasteiger partial charge in [0.15, 0.2) is 12.4 Å². The lowest BCUT2D eigenvalue weighted by molar-refractivity contribution is -0.384. The molecular formula is C82H90Cl2FN9O8. The van der Waals surface area contributed by atoms with Gasteiger partial charge in [-0.05, 0) is 177 Å². The van der Waals surface area contributed by atoms with Crippen LogP contribution in [-0.2, 0) is 24.1 Å². The van der Waals surface area contributed by atoms with Gasteiger partial charge in [-0.1, -0.05) is 175 Å². The number of carboxylic acid groups (broad SMARTS) is 1. The summed E-state index contributed by atoms with van der Waals surface area (Å²) in [6, 6.07) is 53.3. The van der Waals surface area contributed by atoms with Gasteiger partial charge in [0.05, 0.1) is 32.9 Å². The molecule has 0 aliphatic heterocycles. The number of nitrogen functional groups attached to an aromatic ring is 1. The van der Waals surface area contributed by atoms with E-state index >= 15 is 0 Å². The van der Waals surface area contributed by atoms with Crippen molar-refractivity contribution >= 4 is 86.6 Å². The summed E-state index contributed by atoms with van der Waals surface area (Å²) in [5.41, 5.74) is 22.6. The average molecular weight is 1420 g/mol. The van der Waals surface area contributed by atoms with Gasteiger partial charge in [0.1, 0.15) is 11.6 Å². The number of fused-ring (bicyclic) bond motifs is 1. The number of unbranched alkanes of at least 4 members (excludes halogenated alkanes) is 1. The van der Waals surface area contributed by atoms with Gasteiger partial charge < -0.3 is 31.2 Å². The Kier molecular flexibility index (Phi) is 31.3. The quantitative estimate of drug-likeness (QED) is 0.0115. The minimum Gasteiger partial charge on any atom is -0.483 e. The number of benzene rings is 7. The number of nitrogens with one attached hydrogen (secondary N) is 4. The number of carboxylic acids is 1. The molecule has 0 bridgehead atoms. The molecule has 0 radical (unpaired) electrons. The summed E-state index contributed by atoms with van der Waals surface area (Å²) in [5.74, 6) is -1.26. The van der Waals surface area contributed by atoms with Crippen LogP contribution in [0.15, 0.2) is 217 Å². The number of aromatic carboxylic acids is 1. The van der Waals surface area contributed by atoms with Crippen molar-refractivity contribution in [3.8, 4) is 17.0 Å². The molecule has 532 valence electrons. The van der Waals surface area contributed by atoms with Gasteiger partial charge in [-0.25, -0.2) is 14.6 Å². The van der Waals surface area contributed by atoms with E-state index in [0.717, 1.165) is 117 Å². The fourth-order valence-electron chi connectivity index (χ4n) is 10.9. The van der Waals surface area contributed by atoms with Crippen molar-refractivity contribution < 1.29 is 38.3 Å². The van der Waals surface area contributed by atoms with E-state index in [1.807, 2.05) is 118 Å². The smallest absolute Gasteiger partial charge is 0.337 e. The third kappa shape index (κ3) is 26.7. The number of aromatic amines is 1. The van der Waals surface area contributed by atoms with Gasteiger partial charge in [0, 0.05) is 92.4 Å². The summed E-state index contributed by atoms with van der Waals surface area (Å²) >= 11 is 11.6. The second-order valence-electron chi connectivity index (χ2n) is 26.2. The Morgan fingerprint density at radius 1 is 0.745 bits per heavy atom. The van der Waals surface area contributed by atoms with Crippen molar-refractivity contribution in [1.29, 1.82) is 0 Å². The minimum atomic E-state index is -1.28. The summed E-state index contributed by atoms with van der Waals surface area (Å²) in [7, 11) is 0. The lowest BCUT2D eigenvalue weighted by Crippen LogP contribution is -2.22. The van der Waals surface area contributed by atoms with Gasteiger partial charge in [-0.2, -0.15) is 5.10 Å². The largest absolute Gasteiger partial charge is 0.483 e. The summed E-state index contributed by atoms with van der Waals surface area (Å²) < 4.78 is 18.8. The zero-order valence-electron chi connectivity index (χ0n) is 59.4. The zero-order chi connectivity index (χ0) is 74.4. The van der Waals surface area contributed by atoms with E-state index in [4.69, 9.17) is 43.8 Å². The van der Waals surface area contributed by atoms with Crippen LogP contribution in [0.2, 0.25) is 10.0 Å². The second kappa shape index (κ2) is 39.8. The van der Waals surface area contributed by atoms with E-state index in [9.17, 15) is 33.7 Å². The second-order valence-corrected chi connectivity index (χ2v) is 27.0. The lowest BCUT2D eigenvalue weighted by Gasteiger charge is -2.32. The van der Waals surface area contributed by atoms with Crippen LogP contribution in [0.5, 0.6) is 5.75 Å². The maximum absolute atomic E-state index is 13.0. The molecule has 102 heavy (non-hydrogen) atoms. The van der Waals surface area contributed by atoms with Gasteiger partial charge in [0.25, 0.3) is 17.5 Å². The predicted molar refractivity (Wildman–Crippen MR) is 412 cm³/mol. The van der Waals surface area contributed by atoms with Gasteiger partial charge in [-0.15, -0.1) is 0 Å². The number of anilines is 3. The molecule has 0 spiro atoms. The van der Waals surface area contributed by atoms with Crippen molar-refractivity contribution in [3.05, 3.63) is 289 Å². The molecule has 0 fully saturated rings. The van der Waals surface area contributed by atoms with E-state index in [-0.39, 0.29) is 51.7 Å². The normalized spacial score (nSPS) is 11.1. The van der Waals surface area contributed by atoms with Crippen molar-refractivity contribution in [1.82, 2.24) is 20.4 Å². The number of hydrazone groups is 1. The highest BCUT2D eigenvalue weighted by molar-refractivity contribution is 6.33. The summed E-state index contributed by atoms with van der Waals surface area (Å²) in [6.07, 6.45) is 16.7. The molecule has 0 atom stereocenters. The Morgan fingerprint density at radius 3 is 2.07 bits per heavy atom. The number of amides is 2. The number of carbonyl (C=O) groups is 4. The number of rotatable bonds is 23. The van der Waals surface area contributed by atoms with E-state index < -0.39 is 10.9 Å². The van der Waals surface area contributed by atoms with E-state index in [2.05, 4.69) is 97.8 Å². The molecule has 10 aromatic rings. The lowest BCUT2D eigenvalue weighted by atomic mass is 9.73. The van der Waals surface area contributed by atoms with E-state index in [1.165, 1.54) is 67.3 Å². The first-order valence-corrected chi connectivity index (χ1v) is 34.3. The Balaban J connectivity index is 0.000000204. The number of aryl methyl sites for hydroxylation is 4. The van der Waals surface area contributed by atoms with Gasteiger partial charge >= 0.3 is 5.97 Å². The van der Waals surface area contributed by atoms with Crippen LogP contribution < -0.4 is 26.5 Å². The Bertz CT molecular complexity index is 4460. The molecule has 0 aliphatic carbocycles. The topological polar surface area (TPSA) is 257 Å². The van der Waals surface area contributed by atoms with E-state index in [1.54, 1.807) is 48.7 Å². The number of nitro groups is 1. The highest BCUT2D eigenvalue weighted by Gasteiger charge is 2.26. The Morgan fingerprint density at radius 2 is 1.41 bits per heavy atom. The maximum Gasteiger partial charge on any atom is 0.337 e. The van der Waals surface area contributed by atoms with Crippen molar-refractivity contribution in [3.63, 3.8) is 0 Å². The minimum absolute atomic E-state index is 0.0102. The Hall–Kier alpha value is -10.8. The fraction of sp³-hybridized carbons (Fsp3) is 0.256. The molecule has 7 N–H and O–H groups in total. The first-order valence-electron chi connectivity index (χ1n) is 33.5. The predicted octanol–water partition coefficient (Wildman–Crippen LogP) is 20.3. The van der Waals surface area contributed by atoms with Crippen LogP contribution in [-0.4, -0.2) is 61.4 Å².